The number of hydrogen-bond donors (Lipinski definition) is 1. The minimum absolute atomic E-state index is 0.0620. The van der Waals surface area contributed by atoms with Crippen LogP contribution in [0.15, 0.2) is 11.6 Å². The van der Waals surface area contributed by atoms with E-state index in [1.807, 2.05) is 0 Å². The topological polar surface area (TPSA) is 20.2 Å². The van der Waals surface area contributed by atoms with Crippen molar-refractivity contribution >= 4 is 0 Å². The number of aliphatic hydroxyl groups excluding tert-OH is 1. The summed E-state index contributed by atoms with van der Waals surface area (Å²) >= 11 is 0. The van der Waals surface area contributed by atoms with Crippen LogP contribution >= 0.6 is 0 Å². The maximum atomic E-state index is 10.7. The van der Waals surface area contributed by atoms with Gasteiger partial charge in [0.15, 0.2) is 0 Å². The molecule has 118 valence electrons. The molecule has 1 N–H and O–H groups in total. The molecule has 4 aliphatic carbocycles. The Bertz CT molecular complexity index is 466. The van der Waals surface area contributed by atoms with E-state index in [1.165, 1.54) is 51.4 Å². The van der Waals surface area contributed by atoms with Crippen LogP contribution in [0, 0.1) is 34.5 Å². The smallest absolute Gasteiger partial charge is 0.0622 e. The summed E-state index contributed by atoms with van der Waals surface area (Å²) in [6, 6.07) is 0. The van der Waals surface area contributed by atoms with Gasteiger partial charge in [-0.05, 0) is 79.4 Å². The van der Waals surface area contributed by atoms with E-state index in [0.717, 1.165) is 17.8 Å². The Morgan fingerprint density at radius 3 is 2.76 bits per heavy atom. The van der Waals surface area contributed by atoms with Gasteiger partial charge in [0.2, 0.25) is 0 Å². The molecule has 1 heteroatoms. The lowest BCUT2D eigenvalue weighted by Gasteiger charge is -2.57. The van der Waals surface area contributed by atoms with Gasteiger partial charge < -0.3 is 5.11 Å². The molecule has 0 bridgehead atoms. The third-order valence-electron chi connectivity index (χ3n) is 8.30. The molecule has 0 aliphatic heterocycles. The third-order valence-corrected chi connectivity index (χ3v) is 8.30. The first-order valence-electron chi connectivity index (χ1n) is 9.34. The average molecular weight is 288 g/mol. The third kappa shape index (κ3) is 1.79. The molecule has 0 aromatic rings. The zero-order valence-electron chi connectivity index (χ0n) is 14.1. The second-order valence-corrected chi connectivity index (χ2v) is 9.17. The second-order valence-electron chi connectivity index (χ2n) is 9.17. The highest BCUT2D eigenvalue weighted by Gasteiger charge is 2.59. The first-order chi connectivity index (χ1) is 9.97. The van der Waals surface area contributed by atoms with Gasteiger partial charge in [-0.2, -0.15) is 0 Å². The van der Waals surface area contributed by atoms with Crippen LogP contribution in [0.3, 0.4) is 0 Å². The minimum atomic E-state index is -0.0620. The first-order valence-corrected chi connectivity index (χ1v) is 9.34. The highest BCUT2D eigenvalue weighted by molar-refractivity contribution is 5.24. The summed E-state index contributed by atoms with van der Waals surface area (Å²) in [4.78, 5) is 0. The maximum Gasteiger partial charge on any atom is 0.0622 e. The summed E-state index contributed by atoms with van der Waals surface area (Å²) in [5.41, 5.74) is 2.50. The highest BCUT2D eigenvalue weighted by atomic mass is 16.3. The van der Waals surface area contributed by atoms with E-state index >= 15 is 0 Å². The zero-order valence-corrected chi connectivity index (χ0v) is 14.1. The van der Waals surface area contributed by atoms with Gasteiger partial charge in [0.25, 0.3) is 0 Å². The van der Waals surface area contributed by atoms with Crippen molar-refractivity contribution in [2.45, 2.75) is 78.2 Å². The van der Waals surface area contributed by atoms with E-state index in [9.17, 15) is 5.11 Å². The van der Waals surface area contributed by atoms with Crippen LogP contribution in [0.5, 0.6) is 0 Å². The van der Waals surface area contributed by atoms with Crippen molar-refractivity contribution in [3.63, 3.8) is 0 Å². The lowest BCUT2D eigenvalue weighted by atomic mass is 9.48. The van der Waals surface area contributed by atoms with Crippen molar-refractivity contribution in [1.29, 1.82) is 0 Å². The summed E-state index contributed by atoms with van der Waals surface area (Å²) in [5, 5.41) is 10.7. The van der Waals surface area contributed by atoms with E-state index in [1.54, 1.807) is 5.57 Å². The van der Waals surface area contributed by atoms with Crippen LogP contribution in [0.25, 0.3) is 0 Å². The van der Waals surface area contributed by atoms with Crippen molar-refractivity contribution < 1.29 is 5.11 Å². The number of rotatable bonds is 0. The fourth-order valence-electron chi connectivity index (χ4n) is 7.04. The summed E-state index contributed by atoms with van der Waals surface area (Å²) in [7, 11) is 0. The normalized spacial score (nSPS) is 56.2. The molecule has 21 heavy (non-hydrogen) atoms. The van der Waals surface area contributed by atoms with Gasteiger partial charge in [0.05, 0.1) is 6.10 Å². The predicted molar refractivity (Wildman–Crippen MR) is 86.9 cm³/mol. The van der Waals surface area contributed by atoms with Crippen molar-refractivity contribution in [2.75, 3.05) is 0 Å². The molecule has 3 saturated carbocycles. The molecule has 0 unspecified atom stereocenters. The Morgan fingerprint density at radius 2 is 1.95 bits per heavy atom. The number of aliphatic hydroxyl groups is 1. The highest BCUT2D eigenvalue weighted by Crippen LogP contribution is 2.65. The van der Waals surface area contributed by atoms with Crippen molar-refractivity contribution in [3.05, 3.63) is 11.6 Å². The van der Waals surface area contributed by atoms with Crippen LogP contribution in [0.2, 0.25) is 0 Å². The van der Waals surface area contributed by atoms with Gasteiger partial charge >= 0.3 is 0 Å². The Hall–Kier alpha value is -0.300. The molecule has 0 heterocycles. The summed E-state index contributed by atoms with van der Waals surface area (Å²) in [5.74, 6) is 3.00. The minimum Gasteiger partial charge on any atom is -0.392 e. The molecule has 0 spiro atoms. The quantitative estimate of drug-likeness (QED) is 0.626. The molecular weight excluding hydrogens is 256 g/mol. The van der Waals surface area contributed by atoms with E-state index in [4.69, 9.17) is 0 Å². The van der Waals surface area contributed by atoms with E-state index < -0.39 is 0 Å². The molecule has 4 aliphatic rings. The second kappa shape index (κ2) is 4.60. The largest absolute Gasteiger partial charge is 0.392 e. The summed E-state index contributed by atoms with van der Waals surface area (Å²) in [6.07, 6.45) is 13.4. The Kier molecular flexibility index (Phi) is 3.13. The van der Waals surface area contributed by atoms with Crippen LogP contribution in [-0.4, -0.2) is 11.2 Å². The zero-order chi connectivity index (χ0) is 14.8. The van der Waals surface area contributed by atoms with E-state index in [-0.39, 0.29) is 11.5 Å². The molecular formula is C20H32O. The van der Waals surface area contributed by atoms with Crippen molar-refractivity contribution in [1.82, 2.24) is 0 Å². The average Bonchev–Trinajstić information content (AvgIpc) is 2.70. The van der Waals surface area contributed by atoms with E-state index in [2.05, 4.69) is 26.8 Å². The van der Waals surface area contributed by atoms with Crippen LogP contribution in [0.4, 0.5) is 0 Å². The molecule has 4 rings (SSSR count). The molecule has 1 nitrogen and oxygen atoms in total. The number of allylic oxidation sites excluding steroid dienone is 2. The fraction of sp³-hybridized carbons (Fsp3) is 0.900. The van der Waals surface area contributed by atoms with Gasteiger partial charge in [-0.1, -0.05) is 38.8 Å². The summed E-state index contributed by atoms with van der Waals surface area (Å²) in [6.45, 7) is 7.24. The maximum absolute atomic E-state index is 10.7. The standard InChI is InChI=1S/C20H32O/c1-13-12-17-15-8-7-14-6-4-5-10-19(14,2)16(15)9-11-20(17,3)18(13)21/h7,13,15-18,21H,4-6,8-12H2,1-3H3/t13-,15-,16+,17+,18-,19+,20+/m1/s1. The molecule has 0 aromatic carbocycles. The molecule has 7 atom stereocenters. The Balaban J connectivity index is 1.70. The number of fused-ring (bicyclic) bond motifs is 5. The van der Waals surface area contributed by atoms with Crippen LogP contribution in [-0.2, 0) is 0 Å². The van der Waals surface area contributed by atoms with Gasteiger partial charge in [-0.3, -0.25) is 0 Å². The lowest BCUT2D eigenvalue weighted by Crippen LogP contribution is -2.50. The van der Waals surface area contributed by atoms with Gasteiger partial charge in [0, 0.05) is 0 Å². The summed E-state index contributed by atoms with van der Waals surface area (Å²) < 4.78 is 0. The monoisotopic (exact) mass is 288 g/mol. The lowest BCUT2D eigenvalue weighted by molar-refractivity contribution is -0.0698. The van der Waals surface area contributed by atoms with Gasteiger partial charge in [-0.25, -0.2) is 0 Å². The SMILES string of the molecule is C[C@@H]1C[C@H]2[C@@H]3CC=C4CCCC[C@]4(C)[C@H]3CC[C@]2(C)[C@@H]1O. The molecule has 0 radical (unpaired) electrons. The Morgan fingerprint density at radius 1 is 1.14 bits per heavy atom. The van der Waals surface area contributed by atoms with Crippen molar-refractivity contribution in [2.24, 2.45) is 34.5 Å². The van der Waals surface area contributed by atoms with E-state index in [0.29, 0.717) is 11.3 Å². The van der Waals surface area contributed by atoms with Gasteiger partial charge in [-0.15, -0.1) is 0 Å². The molecule has 0 amide bonds. The van der Waals surface area contributed by atoms with Crippen LogP contribution in [0.1, 0.15) is 72.1 Å². The Labute approximate surface area is 130 Å². The predicted octanol–water partition coefficient (Wildman–Crippen LogP) is 4.95. The van der Waals surface area contributed by atoms with Gasteiger partial charge in [0.1, 0.15) is 0 Å². The molecule has 0 saturated heterocycles. The molecule has 3 fully saturated rings. The van der Waals surface area contributed by atoms with Crippen LogP contribution < -0.4 is 0 Å². The van der Waals surface area contributed by atoms with Crippen molar-refractivity contribution in [3.8, 4) is 0 Å². The fourth-order valence-corrected chi connectivity index (χ4v) is 7.04. The first kappa shape index (κ1) is 14.3. The molecule has 0 aromatic heterocycles. The number of hydrogen-bond acceptors (Lipinski definition) is 1.